The van der Waals surface area contributed by atoms with E-state index in [1.54, 1.807) is 63.2 Å². The van der Waals surface area contributed by atoms with Crippen LogP contribution >= 0.6 is 0 Å². The molecule has 0 saturated carbocycles. The molecule has 0 radical (unpaired) electrons. The third-order valence-electron chi connectivity index (χ3n) is 4.29. The van der Waals surface area contributed by atoms with Crippen molar-refractivity contribution >= 4 is 27.3 Å². The number of benzene rings is 2. The Morgan fingerprint density at radius 1 is 1.00 bits per heavy atom. The van der Waals surface area contributed by atoms with Crippen molar-refractivity contribution in [3.05, 3.63) is 65.5 Å². The molecule has 2 aromatic rings. The van der Waals surface area contributed by atoms with E-state index >= 15 is 0 Å². The van der Waals surface area contributed by atoms with Crippen LogP contribution in [0.25, 0.3) is 0 Å². The minimum absolute atomic E-state index is 0.0433. The topological polar surface area (TPSA) is 92.3 Å². The third kappa shape index (κ3) is 7.59. The van der Waals surface area contributed by atoms with Gasteiger partial charge in [-0.15, -0.1) is 0 Å². The number of rotatable bonds is 9. The average Bonchev–Trinajstić information content (AvgIpc) is 2.62. The number of hydrogen-bond donors (Lipinski definition) is 2. The summed E-state index contributed by atoms with van der Waals surface area (Å²) in [6, 6.07) is 12.5. The number of hydrogen-bond acceptors (Lipinski definition) is 4. The summed E-state index contributed by atoms with van der Waals surface area (Å²) in [5, 5.41) is 5.38. The fourth-order valence-corrected chi connectivity index (χ4v) is 4.66. The van der Waals surface area contributed by atoms with Crippen LogP contribution in [0.15, 0.2) is 48.5 Å². The fraction of sp³-hybridized carbons (Fsp3) is 0.364. The van der Waals surface area contributed by atoms with Gasteiger partial charge in [0.25, 0.3) is 0 Å². The Morgan fingerprint density at radius 3 is 2.37 bits per heavy atom. The predicted molar refractivity (Wildman–Crippen MR) is 115 cm³/mol. The first-order chi connectivity index (χ1) is 14.1. The number of carbonyl (C=O) groups is 2. The van der Waals surface area contributed by atoms with Gasteiger partial charge >= 0.3 is 0 Å². The van der Waals surface area contributed by atoms with Crippen molar-refractivity contribution in [3.63, 3.8) is 0 Å². The molecule has 6 nitrogen and oxygen atoms in total. The van der Waals surface area contributed by atoms with Crippen LogP contribution in [0.3, 0.4) is 0 Å². The Balaban J connectivity index is 1.98. The Morgan fingerprint density at radius 2 is 1.70 bits per heavy atom. The largest absolute Gasteiger partial charge is 0.349 e. The maximum Gasteiger partial charge on any atom is 0.235 e. The minimum Gasteiger partial charge on any atom is -0.349 e. The van der Waals surface area contributed by atoms with Gasteiger partial charge in [0.1, 0.15) is 11.6 Å². The zero-order valence-corrected chi connectivity index (χ0v) is 18.1. The predicted octanol–water partition coefficient (Wildman–Crippen LogP) is 3.25. The molecule has 30 heavy (non-hydrogen) atoms. The maximum absolute atomic E-state index is 13.7. The SMILES string of the molecule is CC(C)CS(=O)(=O)CC(=O)NC(C)c1cccc(NC(=O)Cc2ccccc2F)c1. The molecule has 0 heterocycles. The van der Waals surface area contributed by atoms with Crippen LogP contribution < -0.4 is 10.6 Å². The summed E-state index contributed by atoms with van der Waals surface area (Å²) in [6.45, 7) is 5.29. The molecule has 0 aliphatic rings. The molecular weight excluding hydrogens is 407 g/mol. The second-order valence-corrected chi connectivity index (χ2v) is 9.79. The first-order valence-electron chi connectivity index (χ1n) is 9.68. The lowest BCUT2D eigenvalue weighted by Crippen LogP contribution is -2.33. The Bertz CT molecular complexity index is 1010. The van der Waals surface area contributed by atoms with E-state index in [-0.39, 0.29) is 24.0 Å². The van der Waals surface area contributed by atoms with Gasteiger partial charge in [0.05, 0.1) is 18.2 Å². The highest BCUT2D eigenvalue weighted by molar-refractivity contribution is 7.92. The number of sulfone groups is 1. The van der Waals surface area contributed by atoms with Gasteiger partial charge in [-0.1, -0.05) is 44.2 Å². The minimum atomic E-state index is -3.46. The molecule has 2 aromatic carbocycles. The highest BCUT2D eigenvalue weighted by atomic mass is 32.2. The van der Waals surface area contributed by atoms with Crippen LogP contribution in [0.4, 0.5) is 10.1 Å². The van der Waals surface area contributed by atoms with Crippen molar-refractivity contribution in [1.29, 1.82) is 0 Å². The number of carbonyl (C=O) groups excluding carboxylic acids is 2. The average molecular weight is 435 g/mol. The van der Waals surface area contributed by atoms with Crippen LogP contribution in [0.1, 0.15) is 37.9 Å². The van der Waals surface area contributed by atoms with Gasteiger partial charge in [0.15, 0.2) is 9.84 Å². The maximum atomic E-state index is 13.7. The second-order valence-electron chi connectivity index (χ2n) is 7.68. The highest BCUT2D eigenvalue weighted by Crippen LogP contribution is 2.18. The Hall–Kier alpha value is -2.74. The monoisotopic (exact) mass is 434 g/mol. The molecule has 2 rings (SSSR count). The van der Waals surface area contributed by atoms with Gasteiger partial charge in [0, 0.05) is 5.69 Å². The van der Waals surface area contributed by atoms with Crippen LogP contribution in [-0.4, -0.2) is 31.7 Å². The summed E-state index contributed by atoms with van der Waals surface area (Å²) < 4.78 is 37.7. The summed E-state index contributed by atoms with van der Waals surface area (Å²) >= 11 is 0. The normalized spacial score (nSPS) is 12.4. The molecule has 0 saturated heterocycles. The molecule has 1 atom stereocenters. The number of anilines is 1. The molecule has 0 aliphatic carbocycles. The van der Waals surface area contributed by atoms with Gasteiger partial charge in [-0.2, -0.15) is 0 Å². The smallest absolute Gasteiger partial charge is 0.235 e. The first kappa shape index (κ1) is 23.5. The molecule has 162 valence electrons. The summed E-state index contributed by atoms with van der Waals surface area (Å²) in [5.74, 6) is -2.03. The van der Waals surface area contributed by atoms with Crippen molar-refractivity contribution in [1.82, 2.24) is 5.32 Å². The van der Waals surface area contributed by atoms with Gasteiger partial charge < -0.3 is 10.6 Å². The molecule has 0 spiro atoms. The Labute approximate surface area is 176 Å². The number of amides is 2. The zero-order chi connectivity index (χ0) is 22.3. The van der Waals surface area contributed by atoms with Crippen LogP contribution in [-0.2, 0) is 25.8 Å². The van der Waals surface area contributed by atoms with E-state index in [2.05, 4.69) is 10.6 Å². The molecule has 0 aliphatic heterocycles. The van der Waals surface area contributed by atoms with Crippen molar-refractivity contribution < 1.29 is 22.4 Å². The van der Waals surface area contributed by atoms with E-state index in [4.69, 9.17) is 0 Å². The number of halogens is 1. The summed E-state index contributed by atoms with van der Waals surface area (Å²) in [4.78, 5) is 24.3. The van der Waals surface area contributed by atoms with Crippen molar-refractivity contribution in [2.45, 2.75) is 33.2 Å². The Kier molecular flexibility index (Phi) is 8.11. The number of nitrogens with one attached hydrogen (secondary N) is 2. The van der Waals surface area contributed by atoms with E-state index in [0.717, 1.165) is 0 Å². The fourth-order valence-electron chi connectivity index (χ4n) is 3.04. The second kappa shape index (κ2) is 10.3. The first-order valence-corrected chi connectivity index (χ1v) is 11.5. The van der Waals surface area contributed by atoms with E-state index in [1.165, 1.54) is 6.07 Å². The summed E-state index contributed by atoms with van der Waals surface area (Å²) in [5.41, 5.74) is 1.50. The van der Waals surface area contributed by atoms with Crippen LogP contribution in [0.2, 0.25) is 0 Å². The highest BCUT2D eigenvalue weighted by Gasteiger charge is 2.20. The molecule has 0 fully saturated rings. The molecule has 1 unspecified atom stereocenters. The van der Waals surface area contributed by atoms with Crippen molar-refractivity contribution in [2.75, 3.05) is 16.8 Å². The van der Waals surface area contributed by atoms with Gasteiger partial charge in [-0.3, -0.25) is 9.59 Å². The summed E-state index contributed by atoms with van der Waals surface area (Å²) in [7, 11) is -3.46. The molecule has 0 bridgehead atoms. The van der Waals surface area contributed by atoms with Gasteiger partial charge in [-0.25, -0.2) is 12.8 Å². The molecule has 8 heteroatoms. The third-order valence-corrected chi connectivity index (χ3v) is 6.17. The lowest BCUT2D eigenvalue weighted by Gasteiger charge is -2.16. The van der Waals surface area contributed by atoms with Crippen molar-refractivity contribution in [2.24, 2.45) is 5.92 Å². The molecule has 2 amide bonds. The lowest BCUT2D eigenvalue weighted by atomic mass is 10.1. The van der Waals surface area contributed by atoms with E-state index in [1.807, 2.05) is 0 Å². The quantitative estimate of drug-likeness (QED) is 0.634. The summed E-state index contributed by atoms with van der Waals surface area (Å²) in [6.07, 6.45) is -0.100. The zero-order valence-electron chi connectivity index (χ0n) is 17.3. The molecule has 2 N–H and O–H groups in total. The standard InChI is InChI=1S/C22H27FN2O4S/c1-15(2)13-30(28,29)14-22(27)24-16(3)17-8-6-9-19(11-17)25-21(26)12-18-7-4-5-10-20(18)23/h4-11,15-16H,12-14H2,1-3H3,(H,24,27)(H,25,26). The molecule has 0 aromatic heterocycles. The molecular formula is C22H27FN2O4S. The van der Waals surface area contributed by atoms with E-state index < -0.39 is 33.4 Å². The van der Waals surface area contributed by atoms with Crippen molar-refractivity contribution in [3.8, 4) is 0 Å². The van der Waals surface area contributed by atoms with Gasteiger partial charge in [0.2, 0.25) is 11.8 Å². The van der Waals surface area contributed by atoms with Gasteiger partial charge in [-0.05, 0) is 42.2 Å². The van der Waals surface area contributed by atoms with Crippen LogP contribution in [0, 0.1) is 11.7 Å². The lowest BCUT2D eigenvalue weighted by molar-refractivity contribution is -0.119. The van der Waals surface area contributed by atoms with Crippen LogP contribution in [0.5, 0.6) is 0 Å². The van der Waals surface area contributed by atoms with E-state index in [0.29, 0.717) is 16.8 Å². The van der Waals surface area contributed by atoms with E-state index in [9.17, 15) is 22.4 Å².